The highest BCUT2D eigenvalue weighted by molar-refractivity contribution is 9.10. The molecule has 1 amide bonds. The summed E-state index contributed by atoms with van der Waals surface area (Å²) in [5.41, 5.74) is 2.51. The molecule has 0 unspecified atom stereocenters. The van der Waals surface area contributed by atoms with E-state index >= 15 is 0 Å². The SMILES string of the molecule is CCOc1cc(/C=C2\SC(=Nc3ccccc3)NC2=O)cc(Cl)c1OCc1ccc(Br)cc1. The van der Waals surface area contributed by atoms with E-state index in [2.05, 4.69) is 26.2 Å². The van der Waals surface area contributed by atoms with Crippen LogP contribution in [0.1, 0.15) is 18.1 Å². The van der Waals surface area contributed by atoms with E-state index in [1.54, 1.807) is 12.1 Å². The van der Waals surface area contributed by atoms with E-state index < -0.39 is 0 Å². The smallest absolute Gasteiger partial charge is 0.264 e. The van der Waals surface area contributed by atoms with Crippen molar-refractivity contribution in [2.75, 3.05) is 6.61 Å². The molecule has 0 atom stereocenters. The molecule has 0 aromatic heterocycles. The highest BCUT2D eigenvalue weighted by Gasteiger charge is 2.24. The minimum Gasteiger partial charge on any atom is -0.490 e. The van der Waals surface area contributed by atoms with Crippen LogP contribution in [-0.2, 0) is 11.4 Å². The Hall–Kier alpha value is -2.74. The topological polar surface area (TPSA) is 59.9 Å². The molecular formula is C25H20BrClN2O3S. The predicted molar refractivity (Wildman–Crippen MR) is 138 cm³/mol. The third-order valence-electron chi connectivity index (χ3n) is 4.56. The Morgan fingerprint density at radius 2 is 1.85 bits per heavy atom. The molecule has 3 aromatic rings. The van der Waals surface area contributed by atoms with Crippen LogP contribution in [0.25, 0.3) is 6.08 Å². The van der Waals surface area contributed by atoms with Crippen LogP contribution in [0, 0.1) is 0 Å². The number of rotatable bonds is 7. The molecule has 0 spiro atoms. The molecule has 168 valence electrons. The maximum Gasteiger partial charge on any atom is 0.264 e. The Labute approximate surface area is 210 Å². The molecule has 0 aliphatic carbocycles. The number of amidine groups is 1. The van der Waals surface area contributed by atoms with Gasteiger partial charge in [0.2, 0.25) is 0 Å². The maximum absolute atomic E-state index is 12.5. The Kier molecular flexibility index (Phi) is 7.75. The van der Waals surface area contributed by atoms with Crippen molar-refractivity contribution in [1.82, 2.24) is 5.32 Å². The number of ether oxygens (including phenoxy) is 2. The number of nitrogens with one attached hydrogen (secondary N) is 1. The largest absolute Gasteiger partial charge is 0.490 e. The van der Waals surface area contributed by atoms with Gasteiger partial charge < -0.3 is 14.8 Å². The summed E-state index contributed by atoms with van der Waals surface area (Å²) in [7, 11) is 0. The standard InChI is InChI=1S/C25H20BrClN2O3S/c1-2-31-21-13-17(12-20(27)23(21)32-15-16-8-10-18(26)11-9-16)14-22-24(30)29-25(33-22)28-19-6-4-3-5-7-19/h3-14H,2,15H2,1H3,(H,28,29,30)/b22-14-. The molecule has 1 N–H and O–H groups in total. The molecule has 1 saturated heterocycles. The second-order valence-corrected chi connectivity index (χ2v) is 9.35. The highest BCUT2D eigenvalue weighted by Crippen LogP contribution is 2.39. The maximum atomic E-state index is 12.5. The number of amides is 1. The van der Waals surface area contributed by atoms with Crippen LogP contribution in [0.15, 0.2) is 81.1 Å². The summed E-state index contributed by atoms with van der Waals surface area (Å²) in [6.45, 7) is 2.70. The van der Waals surface area contributed by atoms with Gasteiger partial charge in [0.25, 0.3) is 5.91 Å². The fourth-order valence-electron chi connectivity index (χ4n) is 3.06. The number of halogens is 2. The number of thioether (sulfide) groups is 1. The number of benzene rings is 3. The average Bonchev–Trinajstić information content (AvgIpc) is 3.13. The van der Waals surface area contributed by atoms with Crippen LogP contribution >= 0.6 is 39.3 Å². The third-order valence-corrected chi connectivity index (χ3v) is 6.28. The predicted octanol–water partition coefficient (Wildman–Crippen LogP) is 6.97. The van der Waals surface area contributed by atoms with Crippen LogP contribution in [0.2, 0.25) is 5.02 Å². The van der Waals surface area contributed by atoms with Crippen molar-refractivity contribution in [3.05, 3.63) is 92.3 Å². The van der Waals surface area contributed by atoms with Gasteiger partial charge in [0.05, 0.1) is 22.2 Å². The summed E-state index contributed by atoms with van der Waals surface area (Å²) in [5, 5.41) is 3.73. The normalized spacial score (nSPS) is 15.7. The second-order valence-electron chi connectivity index (χ2n) is 7.00. The van der Waals surface area contributed by atoms with E-state index in [9.17, 15) is 4.79 Å². The molecule has 1 aliphatic rings. The molecule has 1 fully saturated rings. The fourth-order valence-corrected chi connectivity index (χ4v) is 4.44. The number of aliphatic imine (C=N–C) groups is 1. The van der Waals surface area contributed by atoms with Gasteiger partial charge >= 0.3 is 0 Å². The van der Waals surface area contributed by atoms with Gasteiger partial charge in [-0.3, -0.25) is 4.79 Å². The molecule has 1 heterocycles. The van der Waals surface area contributed by atoms with Crippen LogP contribution in [0.4, 0.5) is 5.69 Å². The summed E-state index contributed by atoms with van der Waals surface area (Å²) >= 11 is 11.3. The zero-order valence-corrected chi connectivity index (χ0v) is 20.8. The molecule has 5 nitrogen and oxygen atoms in total. The minimum atomic E-state index is -0.209. The van der Waals surface area contributed by atoms with Crippen molar-refractivity contribution in [2.45, 2.75) is 13.5 Å². The Morgan fingerprint density at radius 3 is 2.58 bits per heavy atom. The van der Waals surface area contributed by atoms with Crippen molar-refractivity contribution in [2.24, 2.45) is 4.99 Å². The van der Waals surface area contributed by atoms with Crippen LogP contribution < -0.4 is 14.8 Å². The number of hydrogen-bond donors (Lipinski definition) is 1. The number of carbonyl (C=O) groups is 1. The Balaban J connectivity index is 1.55. The zero-order valence-electron chi connectivity index (χ0n) is 17.7. The van der Waals surface area contributed by atoms with Gasteiger partial charge in [0.15, 0.2) is 16.7 Å². The van der Waals surface area contributed by atoms with E-state index in [0.717, 1.165) is 21.3 Å². The summed E-state index contributed by atoms with van der Waals surface area (Å²) in [5.74, 6) is 0.785. The van der Waals surface area contributed by atoms with Gasteiger partial charge in [-0.2, -0.15) is 0 Å². The van der Waals surface area contributed by atoms with Crippen molar-refractivity contribution >= 4 is 62.1 Å². The molecule has 0 bridgehead atoms. The van der Waals surface area contributed by atoms with Crippen molar-refractivity contribution in [3.63, 3.8) is 0 Å². The first-order valence-electron chi connectivity index (χ1n) is 10.2. The summed E-state index contributed by atoms with van der Waals surface area (Å²) < 4.78 is 12.8. The molecule has 0 radical (unpaired) electrons. The zero-order chi connectivity index (χ0) is 23.2. The number of carbonyl (C=O) groups excluding carboxylic acids is 1. The lowest BCUT2D eigenvalue weighted by molar-refractivity contribution is -0.115. The summed E-state index contributed by atoms with van der Waals surface area (Å²) in [6, 6.07) is 20.9. The molecule has 3 aromatic carbocycles. The van der Waals surface area contributed by atoms with Crippen LogP contribution in [0.3, 0.4) is 0 Å². The Bertz CT molecular complexity index is 1210. The van der Waals surface area contributed by atoms with Crippen molar-refractivity contribution in [3.8, 4) is 11.5 Å². The van der Waals surface area contributed by atoms with Gasteiger partial charge in [0, 0.05) is 4.47 Å². The highest BCUT2D eigenvalue weighted by atomic mass is 79.9. The summed E-state index contributed by atoms with van der Waals surface area (Å²) in [4.78, 5) is 17.4. The molecule has 33 heavy (non-hydrogen) atoms. The fraction of sp³-hybridized carbons (Fsp3) is 0.120. The molecule has 0 saturated carbocycles. The van der Waals surface area contributed by atoms with E-state index in [1.165, 1.54) is 11.8 Å². The van der Waals surface area contributed by atoms with Crippen LogP contribution in [-0.4, -0.2) is 17.7 Å². The van der Waals surface area contributed by atoms with Gasteiger partial charge in [-0.15, -0.1) is 0 Å². The molecule has 4 rings (SSSR count). The van der Waals surface area contributed by atoms with E-state index in [1.807, 2.05) is 67.6 Å². The van der Waals surface area contributed by atoms with E-state index in [-0.39, 0.29) is 5.91 Å². The number of nitrogens with zero attached hydrogens (tertiary/aromatic N) is 1. The van der Waals surface area contributed by atoms with Gasteiger partial charge in [-0.25, -0.2) is 4.99 Å². The first-order chi connectivity index (χ1) is 16.0. The molecular weight excluding hydrogens is 524 g/mol. The minimum absolute atomic E-state index is 0.209. The molecule has 8 heteroatoms. The van der Waals surface area contributed by atoms with Gasteiger partial charge in [-0.1, -0.05) is 57.9 Å². The lowest BCUT2D eigenvalue weighted by Gasteiger charge is -2.15. The number of para-hydroxylation sites is 1. The second kappa shape index (κ2) is 10.9. The van der Waals surface area contributed by atoms with E-state index in [4.69, 9.17) is 21.1 Å². The lowest BCUT2D eigenvalue weighted by Crippen LogP contribution is -2.19. The summed E-state index contributed by atoms with van der Waals surface area (Å²) in [6.07, 6.45) is 1.76. The van der Waals surface area contributed by atoms with Crippen molar-refractivity contribution in [1.29, 1.82) is 0 Å². The van der Waals surface area contributed by atoms with Crippen LogP contribution in [0.5, 0.6) is 11.5 Å². The van der Waals surface area contributed by atoms with Gasteiger partial charge in [-0.05, 0) is 72.3 Å². The monoisotopic (exact) mass is 542 g/mol. The quantitative estimate of drug-likeness (QED) is 0.327. The lowest BCUT2D eigenvalue weighted by atomic mass is 10.1. The van der Waals surface area contributed by atoms with E-state index in [0.29, 0.717) is 39.8 Å². The first kappa shape index (κ1) is 23.4. The van der Waals surface area contributed by atoms with Crippen molar-refractivity contribution < 1.29 is 14.3 Å². The first-order valence-corrected chi connectivity index (χ1v) is 12.2. The Morgan fingerprint density at radius 1 is 1.09 bits per heavy atom. The molecule has 1 aliphatic heterocycles. The number of hydrogen-bond acceptors (Lipinski definition) is 5. The van der Waals surface area contributed by atoms with Gasteiger partial charge in [0.1, 0.15) is 6.61 Å². The third kappa shape index (κ3) is 6.19. The average molecular weight is 544 g/mol.